The lowest BCUT2D eigenvalue weighted by atomic mass is 10.2. The summed E-state index contributed by atoms with van der Waals surface area (Å²) in [7, 11) is 1.78. The first-order valence-electron chi connectivity index (χ1n) is 6.19. The van der Waals surface area contributed by atoms with Crippen LogP contribution < -0.4 is 4.74 Å². The number of likely N-dealkylation sites (N-methyl/N-ethyl adjacent to an activating group) is 1. The zero-order valence-electron chi connectivity index (χ0n) is 11.2. The number of hydrogen-bond donors (Lipinski definition) is 1. The Bertz CT molecular complexity index is 392. The quantitative estimate of drug-likeness (QED) is 0.805. The average molecular weight is 251 g/mol. The number of carbonyl (C=O) groups is 1. The molecule has 18 heavy (non-hydrogen) atoms. The van der Waals surface area contributed by atoms with Crippen molar-refractivity contribution < 1.29 is 14.6 Å². The van der Waals surface area contributed by atoms with Crippen LogP contribution in [0.5, 0.6) is 5.75 Å². The number of aryl methyl sites for hydroxylation is 1. The van der Waals surface area contributed by atoms with Crippen LogP contribution in [0.4, 0.5) is 0 Å². The van der Waals surface area contributed by atoms with Crippen LogP contribution in [0.3, 0.4) is 0 Å². The lowest BCUT2D eigenvalue weighted by molar-refractivity contribution is -0.142. The Labute approximate surface area is 108 Å². The fraction of sp³-hybridized carbons (Fsp3) is 0.500. The second kappa shape index (κ2) is 7.01. The summed E-state index contributed by atoms with van der Waals surface area (Å²) in [5.41, 5.74) is 1.24. The van der Waals surface area contributed by atoms with Crippen LogP contribution in [0.2, 0.25) is 0 Å². The smallest absolute Gasteiger partial charge is 0.320 e. The molecule has 1 rings (SSSR count). The lowest BCUT2D eigenvalue weighted by Gasteiger charge is -2.21. The van der Waals surface area contributed by atoms with Gasteiger partial charge < -0.3 is 9.84 Å². The van der Waals surface area contributed by atoms with Crippen LogP contribution in [-0.4, -0.2) is 42.2 Å². The molecule has 0 saturated heterocycles. The number of aliphatic carboxylic acids is 1. The minimum absolute atomic E-state index is 0.487. The molecule has 1 aromatic rings. The molecule has 0 aliphatic carbocycles. The van der Waals surface area contributed by atoms with Gasteiger partial charge in [0.05, 0.1) is 0 Å². The van der Waals surface area contributed by atoms with Crippen molar-refractivity contribution in [1.82, 2.24) is 4.90 Å². The van der Waals surface area contributed by atoms with Gasteiger partial charge in [-0.25, -0.2) is 0 Å². The fourth-order valence-corrected chi connectivity index (χ4v) is 1.54. The highest BCUT2D eigenvalue weighted by molar-refractivity contribution is 5.72. The van der Waals surface area contributed by atoms with E-state index in [1.165, 1.54) is 5.56 Å². The molecule has 1 unspecified atom stereocenters. The molecule has 0 aliphatic rings. The summed E-state index contributed by atoms with van der Waals surface area (Å²) in [6.07, 6.45) is 0.979. The van der Waals surface area contributed by atoms with Gasteiger partial charge in [0.25, 0.3) is 0 Å². The zero-order chi connectivity index (χ0) is 13.5. The second-order valence-electron chi connectivity index (χ2n) is 4.34. The van der Waals surface area contributed by atoms with E-state index in [0.29, 0.717) is 13.2 Å². The van der Waals surface area contributed by atoms with Gasteiger partial charge >= 0.3 is 5.97 Å². The highest BCUT2D eigenvalue weighted by atomic mass is 16.5. The molecule has 100 valence electrons. The van der Waals surface area contributed by atoms with E-state index in [1.807, 2.05) is 18.2 Å². The number of carboxylic acids is 1. The molecule has 0 bridgehead atoms. The van der Waals surface area contributed by atoms with E-state index in [0.717, 1.165) is 12.2 Å². The number of hydrogen-bond acceptors (Lipinski definition) is 3. The maximum absolute atomic E-state index is 10.8. The van der Waals surface area contributed by atoms with Crippen LogP contribution in [-0.2, 0) is 11.2 Å². The molecule has 0 heterocycles. The fourth-order valence-electron chi connectivity index (χ4n) is 1.54. The molecule has 1 atom stereocenters. The third-order valence-corrected chi connectivity index (χ3v) is 3.04. The first-order valence-corrected chi connectivity index (χ1v) is 6.19. The van der Waals surface area contributed by atoms with Crippen molar-refractivity contribution in [3.8, 4) is 5.75 Å². The molecule has 0 spiro atoms. The Morgan fingerprint density at radius 3 is 2.83 bits per heavy atom. The molecule has 0 saturated carbocycles. The molecular formula is C14H21NO3. The third-order valence-electron chi connectivity index (χ3n) is 3.04. The summed E-state index contributed by atoms with van der Waals surface area (Å²) in [5, 5.41) is 8.85. The maximum atomic E-state index is 10.8. The van der Waals surface area contributed by atoms with Gasteiger partial charge in [-0.15, -0.1) is 0 Å². The van der Waals surface area contributed by atoms with Crippen molar-refractivity contribution >= 4 is 5.97 Å². The van der Waals surface area contributed by atoms with E-state index in [1.54, 1.807) is 18.9 Å². The molecule has 0 radical (unpaired) electrons. The number of rotatable bonds is 7. The van der Waals surface area contributed by atoms with Crippen molar-refractivity contribution in [2.24, 2.45) is 0 Å². The molecule has 0 aliphatic heterocycles. The van der Waals surface area contributed by atoms with Gasteiger partial charge in [0.2, 0.25) is 0 Å². The molecular weight excluding hydrogens is 230 g/mol. The van der Waals surface area contributed by atoms with Gasteiger partial charge in [-0.05, 0) is 38.1 Å². The van der Waals surface area contributed by atoms with Crippen LogP contribution in [0, 0.1) is 0 Å². The van der Waals surface area contributed by atoms with Gasteiger partial charge in [-0.1, -0.05) is 19.1 Å². The summed E-state index contributed by atoms with van der Waals surface area (Å²) < 4.78 is 5.61. The van der Waals surface area contributed by atoms with E-state index in [4.69, 9.17) is 9.84 Å². The molecule has 1 N–H and O–H groups in total. The van der Waals surface area contributed by atoms with E-state index in [-0.39, 0.29) is 0 Å². The van der Waals surface area contributed by atoms with Gasteiger partial charge in [0.1, 0.15) is 18.4 Å². The Kier molecular flexibility index (Phi) is 5.65. The van der Waals surface area contributed by atoms with E-state index >= 15 is 0 Å². The molecule has 1 aromatic carbocycles. The van der Waals surface area contributed by atoms with E-state index < -0.39 is 12.0 Å². The summed E-state index contributed by atoms with van der Waals surface area (Å²) in [6.45, 7) is 4.84. The first-order chi connectivity index (χ1) is 8.54. The molecule has 0 aromatic heterocycles. The van der Waals surface area contributed by atoms with Crippen LogP contribution in [0.1, 0.15) is 19.4 Å². The summed E-state index contributed by atoms with van der Waals surface area (Å²) >= 11 is 0. The van der Waals surface area contributed by atoms with Crippen molar-refractivity contribution in [2.45, 2.75) is 26.3 Å². The topological polar surface area (TPSA) is 49.8 Å². The van der Waals surface area contributed by atoms with Crippen molar-refractivity contribution in [3.05, 3.63) is 29.8 Å². The van der Waals surface area contributed by atoms with Crippen molar-refractivity contribution in [1.29, 1.82) is 0 Å². The Morgan fingerprint density at radius 1 is 1.50 bits per heavy atom. The monoisotopic (exact) mass is 251 g/mol. The summed E-state index contributed by atoms with van der Waals surface area (Å²) in [6, 6.07) is 7.47. The highest BCUT2D eigenvalue weighted by Crippen LogP contribution is 2.13. The van der Waals surface area contributed by atoms with Crippen LogP contribution in [0.15, 0.2) is 24.3 Å². The molecule has 4 nitrogen and oxygen atoms in total. The molecule has 4 heteroatoms. The Hall–Kier alpha value is -1.55. The van der Waals surface area contributed by atoms with Crippen LogP contribution in [0.25, 0.3) is 0 Å². The predicted molar refractivity (Wildman–Crippen MR) is 71.0 cm³/mol. The largest absolute Gasteiger partial charge is 0.492 e. The van der Waals surface area contributed by atoms with Gasteiger partial charge in [0.15, 0.2) is 0 Å². The summed E-state index contributed by atoms with van der Waals surface area (Å²) in [4.78, 5) is 12.5. The standard InChI is InChI=1S/C14H21NO3/c1-4-12-6-5-7-13(10-12)18-9-8-15(3)11(2)14(16)17/h5-7,10-11H,4,8-9H2,1-3H3,(H,16,17). The van der Waals surface area contributed by atoms with Gasteiger partial charge in [-0.3, -0.25) is 9.69 Å². The first kappa shape index (κ1) is 14.5. The number of benzene rings is 1. The summed E-state index contributed by atoms with van der Waals surface area (Å²) in [5.74, 6) is 0.0243. The minimum Gasteiger partial charge on any atom is -0.492 e. The number of carboxylic acid groups (broad SMARTS) is 1. The SMILES string of the molecule is CCc1cccc(OCCN(C)C(C)C(=O)O)c1. The lowest BCUT2D eigenvalue weighted by Crippen LogP contribution is -2.38. The van der Waals surface area contributed by atoms with Crippen molar-refractivity contribution in [3.63, 3.8) is 0 Å². The van der Waals surface area contributed by atoms with E-state index in [9.17, 15) is 4.79 Å². The van der Waals surface area contributed by atoms with Crippen LogP contribution >= 0.6 is 0 Å². The van der Waals surface area contributed by atoms with Gasteiger partial charge in [0, 0.05) is 6.54 Å². The molecule has 0 fully saturated rings. The van der Waals surface area contributed by atoms with Crippen molar-refractivity contribution in [2.75, 3.05) is 20.2 Å². The zero-order valence-corrected chi connectivity index (χ0v) is 11.2. The molecule has 0 amide bonds. The number of nitrogens with zero attached hydrogens (tertiary/aromatic N) is 1. The third kappa shape index (κ3) is 4.37. The maximum Gasteiger partial charge on any atom is 0.320 e. The average Bonchev–Trinajstić information content (AvgIpc) is 2.37. The normalized spacial score (nSPS) is 12.4. The Morgan fingerprint density at radius 2 is 2.22 bits per heavy atom. The number of ether oxygens (including phenoxy) is 1. The highest BCUT2D eigenvalue weighted by Gasteiger charge is 2.15. The Balaban J connectivity index is 2.39. The second-order valence-corrected chi connectivity index (χ2v) is 4.34. The van der Waals surface area contributed by atoms with Gasteiger partial charge in [-0.2, -0.15) is 0 Å². The van der Waals surface area contributed by atoms with E-state index in [2.05, 4.69) is 13.0 Å². The predicted octanol–water partition coefficient (Wildman–Crippen LogP) is 2.03. The minimum atomic E-state index is -0.814.